The van der Waals surface area contributed by atoms with Gasteiger partial charge in [-0.2, -0.15) is 0 Å². The summed E-state index contributed by atoms with van der Waals surface area (Å²) in [4.78, 5) is 30.8. The van der Waals surface area contributed by atoms with Crippen molar-refractivity contribution in [2.75, 3.05) is 40.3 Å². The third-order valence-corrected chi connectivity index (χ3v) is 5.48. The molecule has 130 valence electrons. The summed E-state index contributed by atoms with van der Waals surface area (Å²) in [7, 11) is 4.21. The Morgan fingerprint density at radius 1 is 0.957 bits per heavy atom. The van der Waals surface area contributed by atoms with Crippen LogP contribution in [0.4, 0.5) is 4.79 Å². The minimum atomic E-state index is 0.0510. The van der Waals surface area contributed by atoms with Gasteiger partial charge in [0.2, 0.25) is 5.91 Å². The van der Waals surface area contributed by atoms with Crippen molar-refractivity contribution in [2.24, 2.45) is 5.92 Å². The molecule has 1 aliphatic heterocycles. The quantitative estimate of drug-likeness (QED) is 0.847. The van der Waals surface area contributed by atoms with Crippen LogP contribution in [0.1, 0.15) is 38.5 Å². The third kappa shape index (κ3) is 4.16. The molecule has 0 aromatic rings. The number of hydrogen-bond donors (Lipinski definition) is 1. The second-order valence-electron chi connectivity index (χ2n) is 7.52. The molecule has 0 aromatic carbocycles. The number of amides is 3. The van der Waals surface area contributed by atoms with Gasteiger partial charge in [-0.1, -0.05) is 0 Å². The van der Waals surface area contributed by atoms with Crippen LogP contribution in [0.3, 0.4) is 0 Å². The van der Waals surface area contributed by atoms with Crippen LogP contribution in [0.2, 0.25) is 0 Å². The zero-order chi connectivity index (χ0) is 16.4. The number of urea groups is 1. The van der Waals surface area contributed by atoms with Crippen LogP contribution in [0.25, 0.3) is 0 Å². The summed E-state index contributed by atoms with van der Waals surface area (Å²) in [6.07, 6.45) is 6.24. The molecule has 23 heavy (non-hydrogen) atoms. The summed E-state index contributed by atoms with van der Waals surface area (Å²) < 4.78 is 0. The lowest BCUT2D eigenvalue weighted by Crippen LogP contribution is -2.46. The highest BCUT2D eigenvalue weighted by Crippen LogP contribution is 2.31. The number of carbonyl (C=O) groups is 2. The number of hydrogen-bond acceptors (Lipinski definition) is 3. The maximum atomic E-state index is 12.5. The molecule has 0 radical (unpaired) electrons. The summed E-state index contributed by atoms with van der Waals surface area (Å²) in [5.74, 6) is 0.578. The molecule has 3 aliphatic rings. The summed E-state index contributed by atoms with van der Waals surface area (Å²) in [6, 6.07) is 0.925. The number of carbonyl (C=O) groups excluding carboxylic acids is 2. The Morgan fingerprint density at radius 3 is 2.30 bits per heavy atom. The van der Waals surface area contributed by atoms with Gasteiger partial charge < -0.3 is 20.0 Å². The fourth-order valence-electron chi connectivity index (χ4n) is 3.75. The highest BCUT2D eigenvalue weighted by Gasteiger charge is 2.34. The second kappa shape index (κ2) is 7.07. The van der Waals surface area contributed by atoms with E-state index in [4.69, 9.17) is 0 Å². The first kappa shape index (κ1) is 16.6. The topological polar surface area (TPSA) is 55.9 Å². The molecule has 3 rings (SSSR count). The Labute approximate surface area is 139 Å². The fourth-order valence-corrected chi connectivity index (χ4v) is 3.75. The van der Waals surface area contributed by atoms with Crippen molar-refractivity contribution in [3.8, 4) is 0 Å². The molecule has 0 bridgehead atoms. The van der Waals surface area contributed by atoms with Crippen LogP contribution in [-0.2, 0) is 4.79 Å². The predicted octanol–water partition coefficient (Wildman–Crippen LogP) is 1.12. The average molecular weight is 322 g/mol. The highest BCUT2D eigenvalue weighted by molar-refractivity contribution is 5.81. The summed E-state index contributed by atoms with van der Waals surface area (Å²) in [5, 5.41) is 3.20. The van der Waals surface area contributed by atoms with Gasteiger partial charge in [0.05, 0.1) is 0 Å². The number of nitrogens with one attached hydrogen (secondary N) is 1. The normalized spacial score (nSPS) is 28.8. The Balaban J connectivity index is 1.45. The molecule has 6 heteroatoms. The summed E-state index contributed by atoms with van der Waals surface area (Å²) >= 11 is 0. The van der Waals surface area contributed by atoms with E-state index in [9.17, 15) is 9.59 Å². The summed E-state index contributed by atoms with van der Waals surface area (Å²) in [6.45, 7) is 2.90. The molecule has 3 amide bonds. The maximum absolute atomic E-state index is 12.5. The molecule has 2 atom stereocenters. The van der Waals surface area contributed by atoms with E-state index >= 15 is 0 Å². The molecule has 1 saturated heterocycles. The van der Waals surface area contributed by atoms with Gasteiger partial charge >= 0.3 is 6.03 Å². The van der Waals surface area contributed by atoms with E-state index in [1.54, 1.807) is 0 Å². The van der Waals surface area contributed by atoms with E-state index in [2.05, 4.69) is 24.3 Å². The molecule has 0 spiro atoms. The third-order valence-electron chi connectivity index (χ3n) is 5.48. The van der Waals surface area contributed by atoms with Gasteiger partial charge in [-0.15, -0.1) is 0 Å². The minimum Gasteiger partial charge on any atom is -0.341 e. The van der Waals surface area contributed by atoms with Crippen LogP contribution >= 0.6 is 0 Å². The van der Waals surface area contributed by atoms with E-state index in [-0.39, 0.29) is 11.9 Å². The second-order valence-corrected chi connectivity index (χ2v) is 7.52. The Bertz CT molecular complexity index is 450. The molecule has 0 unspecified atom stereocenters. The largest absolute Gasteiger partial charge is 0.341 e. The van der Waals surface area contributed by atoms with Crippen LogP contribution in [-0.4, -0.2) is 79.0 Å². The smallest absolute Gasteiger partial charge is 0.317 e. The van der Waals surface area contributed by atoms with E-state index in [1.807, 2.05) is 9.80 Å². The van der Waals surface area contributed by atoms with Crippen molar-refractivity contribution >= 4 is 11.9 Å². The lowest BCUT2D eigenvalue weighted by molar-refractivity contribution is -0.132. The molecule has 6 nitrogen and oxygen atoms in total. The molecule has 3 fully saturated rings. The first-order valence-corrected chi connectivity index (χ1v) is 9.05. The Morgan fingerprint density at radius 2 is 1.65 bits per heavy atom. The van der Waals surface area contributed by atoms with Gasteiger partial charge in [-0.05, 0) is 52.6 Å². The SMILES string of the molecule is CN(C)[C@H]1CC[C@H](NC(=O)N2CCCN(C(=O)C3CC3)CC2)C1. The van der Waals surface area contributed by atoms with E-state index in [0.717, 1.165) is 51.6 Å². The molecular formula is C17H30N4O2. The van der Waals surface area contributed by atoms with Crippen LogP contribution in [0.5, 0.6) is 0 Å². The van der Waals surface area contributed by atoms with E-state index < -0.39 is 0 Å². The molecular weight excluding hydrogens is 292 g/mol. The van der Waals surface area contributed by atoms with Crippen molar-refractivity contribution in [3.05, 3.63) is 0 Å². The average Bonchev–Trinajstić information content (AvgIpc) is 3.30. The lowest BCUT2D eigenvalue weighted by atomic mass is 10.2. The number of rotatable bonds is 3. The fraction of sp³-hybridized carbons (Fsp3) is 0.882. The van der Waals surface area contributed by atoms with E-state index in [0.29, 0.717) is 31.1 Å². The minimum absolute atomic E-state index is 0.0510. The molecule has 0 aromatic heterocycles. The molecule has 2 aliphatic carbocycles. The van der Waals surface area contributed by atoms with Gasteiger partial charge in [0.25, 0.3) is 0 Å². The maximum Gasteiger partial charge on any atom is 0.317 e. The van der Waals surface area contributed by atoms with Crippen molar-refractivity contribution in [3.63, 3.8) is 0 Å². The van der Waals surface area contributed by atoms with Gasteiger partial charge in [-0.3, -0.25) is 4.79 Å². The van der Waals surface area contributed by atoms with Gasteiger partial charge in [-0.25, -0.2) is 4.79 Å². The molecule has 1 heterocycles. The monoisotopic (exact) mass is 322 g/mol. The van der Waals surface area contributed by atoms with Crippen LogP contribution in [0.15, 0.2) is 0 Å². The van der Waals surface area contributed by atoms with Crippen molar-refractivity contribution in [2.45, 2.75) is 50.6 Å². The Hall–Kier alpha value is -1.30. The molecule has 2 saturated carbocycles. The zero-order valence-corrected chi connectivity index (χ0v) is 14.5. The Kier molecular flexibility index (Phi) is 5.09. The lowest BCUT2D eigenvalue weighted by Gasteiger charge is -2.25. The van der Waals surface area contributed by atoms with Crippen LogP contribution < -0.4 is 5.32 Å². The highest BCUT2D eigenvalue weighted by atomic mass is 16.2. The zero-order valence-electron chi connectivity index (χ0n) is 14.5. The first-order valence-electron chi connectivity index (χ1n) is 9.05. The summed E-state index contributed by atoms with van der Waals surface area (Å²) in [5.41, 5.74) is 0. The first-order chi connectivity index (χ1) is 11.0. The van der Waals surface area contributed by atoms with Gasteiger partial charge in [0, 0.05) is 44.2 Å². The van der Waals surface area contributed by atoms with Crippen molar-refractivity contribution in [1.82, 2.24) is 20.0 Å². The van der Waals surface area contributed by atoms with Gasteiger partial charge in [0.15, 0.2) is 0 Å². The van der Waals surface area contributed by atoms with Crippen molar-refractivity contribution < 1.29 is 9.59 Å². The van der Waals surface area contributed by atoms with E-state index in [1.165, 1.54) is 0 Å². The predicted molar refractivity (Wildman–Crippen MR) is 89.1 cm³/mol. The standard InChI is InChI=1S/C17H30N4O2/c1-19(2)15-7-6-14(12-15)18-17(23)21-9-3-8-20(10-11-21)16(22)13-4-5-13/h13-15H,3-12H2,1-2H3,(H,18,23)/t14-,15-/m0/s1. The molecule has 1 N–H and O–H groups in total. The van der Waals surface area contributed by atoms with Gasteiger partial charge in [0.1, 0.15) is 0 Å². The number of nitrogens with zero attached hydrogens (tertiary/aromatic N) is 3. The van der Waals surface area contributed by atoms with Crippen LogP contribution in [0, 0.1) is 5.92 Å². The van der Waals surface area contributed by atoms with Crippen molar-refractivity contribution in [1.29, 1.82) is 0 Å².